The number of aromatic nitrogens is 1. The van der Waals surface area contributed by atoms with E-state index in [9.17, 15) is 19.2 Å². The zero-order valence-electron chi connectivity index (χ0n) is 18.4. The summed E-state index contributed by atoms with van der Waals surface area (Å²) in [6, 6.07) is 12.3. The summed E-state index contributed by atoms with van der Waals surface area (Å²) in [6.07, 6.45) is 2.25. The molecule has 8 heteroatoms. The van der Waals surface area contributed by atoms with Crippen molar-refractivity contribution < 1.29 is 19.2 Å². The normalized spacial score (nSPS) is 12.7. The number of rotatable bonds is 8. The Balaban J connectivity index is 1.27. The van der Waals surface area contributed by atoms with Crippen LogP contribution in [0.4, 0.5) is 5.13 Å². The van der Waals surface area contributed by atoms with Gasteiger partial charge in [0.25, 0.3) is 11.8 Å². The number of thiazole rings is 1. The van der Waals surface area contributed by atoms with Crippen LogP contribution in [0.2, 0.25) is 0 Å². The molecule has 0 saturated heterocycles. The van der Waals surface area contributed by atoms with Gasteiger partial charge < -0.3 is 5.32 Å². The Morgan fingerprint density at radius 2 is 1.67 bits per heavy atom. The lowest BCUT2D eigenvalue weighted by atomic mass is 10.0. The third-order valence-corrected chi connectivity index (χ3v) is 6.64. The van der Waals surface area contributed by atoms with Gasteiger partial charge in [0.05, 0.1) is 11.1 Å². The summed E-state index contributed by atoms with van der Waals surface area (Å²) in [4.78, 5) is 55.8. The zero-order chi connectivity index (χ0) is 23.5. The second-order valence-electron chi connectivity index (χ2n) is 7.96. The number of fused-ring (bicyclic) bond motifs is 1. The molecular formula is C25H23N3O4S. The Morgan fingerprint density at radius 3 is 2.33 bits per heavy atom. The minimum absolute atomic E-state index is 0.0652. The quantitative estimate of drug-likeness (QED) is 0.401. The summed E-state index contributed by atoms with van der Waals surface area (Å²) in [5.74, 6) is -0.938. The molecule has 3 aromatic rings. The summed E-state index contributed by atoms with van der Waals surface area (Å²) >= 11 is 1.29. The molecule has 0 aliphatic carbocycles. The van der Waals surface area contributed by atoms with Crippen LogP contribution >= 0.6 is 11.3 Å². The molecule has 4 rings (SSSR count). The maximum Gasteiger partial charge on any atom is 0.261 e. The number of nitrogens with zero attached hydrogens (tertiary/aromatic N) is 2. The molecule has 1 aromatic heterocycles. The van der Waals surface area contributed by atoms with Gasteiger partial charge in [0, 0.05) is 42.4 Å². The summed E-state index contributed by atoms with van der Waals surface area (Å²) < 4.78 is 0. The minimum atomic E-state index is -0.290. The Labute approximate surface area is 195 Å². The third-order valence-electron chi connectivity index (χ3n) is 5.67. The molecule has 0 bridgehead atoms. The van der Waals surface area contributed by atoms with Crippen LogP contribution in [0.1, 0.15) is 59.9 Å². The van der Waals surface area contributed by atoms with Crippen molar-refractivity contribution in [2.75, 3.05) is 11.9 Å². The molecule has 7 nitrogen and oxygen atoms in total. The minimum Gasteiger partial charge on any atom is -0.302 e. The second kappa shape index (κ2) is 9.46. The average Bonchev–Trinajstić information content (AvgIpc) is 3.35. The highest BCUT2D eigenvalue weighted by Crippen LogP contribution is 2.24. The van der Waals surface area contributed by atoms with Gasteiger partial charge in [-0.25, -0.2) is 4.98 Å². The number of amides is 3. The number of Topliss-reactive ketones (excluding diaryl/α,β-unsaturated/α-hetero) is 1. The van der Waals surface area contributed by atoms with Gasteiger partial charge in [0.2, 0.25) is 5.91 Å². The van der Waals surface area contributed by atoms with E-state index in [2.05, 4.69) is 10.3 Å². The van der Waals surface area contributed by atoms with E-state index in [1.165, 1.54) is 16.2 Å². The Bertz CT molecular complexity index is 1230. The fourth-order valence-electron chi connectivity index (χ4n) is 3.61. The predicted molar refractivity (Wildman–Crippen MR) is 126 cm³/mol. The van der Waals surface area contributed by atoms with E-state index in [0.29, 0.717) is 28.2 Å². The van der Waals surface area contributed by atoms with Gasteiger partial charge in [0.15, 0.2) is 10.9 Å². The number of nitrogens with one attached hydrogen (secondary N) is 1. The molecule has 0 saturated carbocycles. The van der Waals surface area contributed by atoms with Gasteiger partial charge >= 0.3 is 0 Å². The maximum atomic E-state index is 12.5. The van der Waals surface area contributed by atoms with Crippen LogP contribution < -0.4 is 5.32 Å². The predicted octanol–water partition coefficient (Wildman–Crippen LogP) is 4.20. The lowest BCUT2D eigenvalue weighted by Gasteiger charge is -2.12. The van der Waals surface area contributed by atoms with E-state index in [1.807, 2.05) is 26.0 Å². The topological polar surface area (TPSA) is 96.4 Å². The van der Waals surface area contributed by atoms with Gasteiger partial charge in [-0.05, 0) is 43.2 Å². The first kappa shape index (κ1) is 22.5. The average molecular weight is 462 g/mol. The molecular weight excluding hydrogens is 438 g/mol. The van der Waals surface area contributed by atoms with Crippen LogP contribution in [0, 0.1) is 13.8 Å². The zero-order valence-corrected chi connectivity index (χ0v) is 19.2. The molecule has 0 radical (unpaired) electrons. The number of hydrogen-bond acceptors (Lipinski definition) is 6. The van der Waals surface area contributed by atoms with Crippen molar-refractivity contribution in [3.05, 3.63) is 81.4 Å². The summed E-state index contributed by atoms with van der Waals surface area (Å²) in [7, 11) is 0. The van der Waals surface area contributed by atoms with Crippen molar-refractivity contribution in [3.63, 3.8) is 0 Å². The smallest absolute Gasteiger partial charge is 0.261 e. The molecule has 2 aromatic carbocycles. The van der Waals surface area contributed by atoms with Crippen molar-refractivity contribution >= 4 is 40.0 Å². The van der Waals surface area contributed by atoms with Crippen LogP contribution in [-0.4, -0.2) is 39.9 Å². The van der Waals surface area contributed by atoms with E-state index >= 15 is 0 Å². The largest absolute Gasteiger partial charge is 0.302 e. The second-order valence-corrected chi connectivity index (χ2v) is 9.07. The highest BCUT2D eigenvalue weighted by atomic mass is 32.1. The van der Waals surface area contributed by atoms with Gasteiger partial charge in [-0.2, -0.15) is 0 Å². The van der Waals surface area contributed by atoms with Crippen LogP contribution in [0.25, 0.3) is 0 Å². The fourth-order valence-corrected chi connectivity index (χ4v) is 4.43. The standard InChI is InChI=1S/C25H23N3O4S/c1-15-7-8-17(13-16(15)2)21(29)9-10-22(30)27-25-26-14-18(33-25)11-12-28-23(31)19-5-3-4-6-20(19)24(28)32/h3-8,13-14H,9-12H2,1-2H3,(H,26,27,30). The Kier molecular flexibility index (Phi) is 6.46. The van der Waals surface area contributed by atoms with Crippen molar-refractivity contribution in [1.82, 2.24) is 9.88 Å². The lowest BCUT2D eigenvalue weighted by Crippen LogP contribution is -2.31. The number of carbonyl (C=O) groups is 4. The summed E-state index contributed by atoms with van der Waals surface area (Å²) in [5, 5.41) is 3.14. The van der Waals surface area contributed by atoms with Gasteiger partial charge in [0.1, 0.15) is 0 Å². The number of carbonyl (C=O) groups excluding carboxylic acids is 4. The molecule has 0 spiro atoms. The van der Waals surface area contributed by atoms with E-state index in [0.717, 1.165) is 16.0 Å². The third kappa shape index (κ3) is 4.90. The van der Waals surface area contributed by atoms with Crippen molar-refractivity contribution in [3.8, 4) is 0 Å². The number of aryl methyl sites for hydroxylation is 2. The van der Waals surface area contributed by atoms with E-state index < -0.39 is 0 Å². The van der Waals surface area contributed by atoms with Crippen molar-refractivity contribution in [2.45, 2.75) is 33.1 Å². The number of imide groups is 1. The monoisotopic (exact) mass is 461 g/mol. The first-order valence-corrected chi connectivity index (χ1v) is 11.5. The van der Waals surface area contributed by atoms with E-state index in [1.54, 1.807) is 36.5 Å². The number of anilines is 1. The van der Waals surface area contributed by atoms with Crippen molar-refractivity contribution in [2.24, 2.45) is 0 Å². The lowest BCUT2D eigenvalue weighted by molar-refractivity contribution is -0.116. The molecule has 1 aliphatic heterocycles. The molecule has 168 valence electrons. The van der Waals surface area contributed by atoms with Gasteiger partial charge in [-0.1, -0.05) is 24.3 Å². The first-order chi connectivity index (χ1) is 15.8. The summed E-state index contributed by atoms with van der Waals surface area (Å²) in [5.41, 5.74) is 3.62. The van der Waals surface area contributed by atoms with Crippen LogP contribution in [-0.2, 0) is 11.2 Å². The summed E-state index contributed by atoms with van der Waals surface area (Å²) in [6.45, 7) is 4.18. The number of ketones is 1. The molecule has 0 fully saturated rings. The van der Waals surface area contributed by atoms with Gasteiger partial charge in [-0.3, -0.25) is 24.1 Å². The molecule has 0 atom stereocenters. The molecule has 3 amide bonds. The molecule has 2 heterocycles. The molecule has 1 N–H and O–H groups in total. The van der Waals surface area contributed by atoms with E-state index in [4.69, 9.17) is 0 Å². The number of hydrogen-bond donors (Lipinski definition) is 1. The number of benzene rings is 2. The highest BCUT2D eigenvalue weighted by molar-refractivity contribution is 7.15. The van der Waals surface area contributed by atoms with Gasteiger partial charge in [-0.15, -0.1) is 11.3 Å². The maximum absolute atomic E-state index is 12.5. The van der Waals surface area contributed by atoms with Crippen LogP contribution in [0.3, 0.4) is 0 Å². The Hall–Kier alpha value is -3.65. The van der Waals surface area contributed by atoms with Crippen LogP contribution in [0.15, 0.2) is 48.7 Å². The fraction of sp³-hybridized carbons (Fsp3) is 0.240. The SMILES string of the molecule is Cc1ccc(C(=O)CCC(=O)Nc2ncc(CCN3C(=O)c4ccccc4C3=O)s2)cc1C. The van der Waals surface area contributed by atoms with Crippen LogP contribution in [0.5, 0.6) is 0 Å². The molecule has 33 heavy (non-hydrogen) atoms. The van der Waals surface area contributed by atoms with E-state index in [-0.39, 0.29) is 42.9 Å². The molecule has 1 aliphatic rings. The first-order valence-electron chi connectivity index (χ1n) is 10.6. The molecule has 0 unspecified atom stereocenters. The Morgan fingerprint density at radius 1 is 0.970 bits per heavy atom. The highest BCUT2D eigenvalue weighted by Gasteiger charge is 2.34. The van der Waals surface area contributed by atoms with Crippen molar-refractivity contribution in [1.29, 1.82) is 0 Å².